The van der Waals surface area contributed by atoms with Crippen LogP contribution in [0.4, 0.5) is 8.78 Å². The molecular weight excluding hydrogens is 368 g/mol. The van der Waals surface area contributed by atoms with E-state index in [2.05, 4.69) is 15.0 Å². The number of carbonyl (C=O) groups is 1. The summed E-state index contributed by atoms with van der Waals surface area (Å²) < 4.78 is 29.8. The van der Waals surface area contributed by atoms with Crippen LogP contribution < -0.4 is 15.6 Å². The van der Waals surface area contributed by atoms with E-state index in [1.54, 1.807) is 24.3 Å². The number of aromatic nitrogens is 2. The highest BCUT2D eigenvalue weighted by atomic mass is 19.3. The van der Waals surface area contributed by atoms with Gasteiger partial charge in [0.25, 0.3) is 5.56 Å². The quantitative estimate of drug-likeness (QED) is 0.677. The Morgan fingerprint density at radius 3 is 2.68 bits per heavy atom. The summed E-state index contributed by atoms with van der Waals surface area (Å²) in [5.74, 6) is -0.227. The number of halogens is 2. The van der Waals surface area contributed by atoms with Crippen molar-refractivity contribution in [1.82, 2.24) is 14.9 Å². The van der Waals surface area contributed by atoms with Crippen LogP contribution in [-0.4, -0.2) is 28.6 Å². The predicted molar refractivity (Wildman–Crippen MR) is 101 cm³/mol. The first-order valence-electron chi connectivity index (χ1n) is 8.68. The summed E-state index contributed by atoms with van der Waals surface area (Å²) in [7, 11) is 0. The van der Waals surface area contributed by atoms with Crippen molar-refractivity contribution in [2.24, 2.45) is 0 Å². The van der Waals surface area contributed by atoms with Crippen LogP contribution in [0, 0.1) is 6.92 Å². The highest BCUT2D eigenvalue weighted by molar-refractivity contribution is 5.79. The van der Waals surface area contributed by atoms with Gasteiger partial charge in [0, 0.05) is 6.54 Å². The summed E-state index contributed by atoms with van der Waals surface area (Å²) in [5, 5.41) is 3.21. The second-order valence-electron chi connectivity index (χ2n) is 6.32. The third-order valence-corrected chi connectivity index (χ3v) is 4.18. The zero-order valence-electron chi connectivity index (χ0n) is 15.2. The SMILES string of the molecule is Cc1ccc2ncn(CC(=O)NCCc3ccc(OC(F)F)cc3)c(=O)c2c1. The molecule has 1 aromatic heterocycles. The van der Waals surface area contributed by atoms with Crippen molar-refractivity contribution in [2.45, 2.75) is 26.5 Å². The van der Waals surface area contributed by atoms with E-state index in [1.165, 1.54) is 23.0 Å². The molecule has 2 aromatic carbocycles. The Kier molecular flexibility index (Phi) is 5.98. The molecule has 0 radical (unpaired) electrons. The molecule has 1 heterocycles. The predicted octanol–water partition coefficient (Wildman–Crippen LogP) is 2.67. The van der Waals surface area contributed by atoms with Crippen molar-refractivity contribution >= 4 is 16.8 Å². The third-order valence-electron chi connectivity index (χ3n) is 4.18. The van der Waals surface area contributed by atoms with E-state index in [1.807, 2.05) is 13.0 Å². The Morgan fingerprint density at radius 1 is 1.21 bits per heavy atom. The number of nitrogens with one attached hydrogen (secondary N) is 1. The standard InChI is InChI=1S/C20H19F2N3O3/c1-13-2-7-17-16(10-13)19(27)25(12-24-17)11-18(26)23-9-8-14-3-5-15(6-4-14)28-20(21)22/h2-7,10,12,20H,8-9,11H2,1H3,(H,23,26). The number of amides is 1. The number of nitrogens with zero attached hydrogens (tertiary/aromatic N) is 2. The topological polar surface area (TPSA) is 73.2 Å². The maximum absolute atomic E-state index is 12.5. The molecule has 8 heteroatoms. The van der Waals surface area contributed by atoms with E-state index in [0.29, 0.717) is 23.9 Å². The van der Waals surface area contributed by atoms with E-state index in [0.717, 1.165) is 11.1 Å². The number of carbonyl (C=O) groups excluding carboxylic acids is 1. The maximum atomic E-state index is 12.5. The highest BCUT2D eigenvalue weighted by Gasteiger charge is 2.09. The fourth-order valence-electron chi connectivity index (χ4n) is 2.78. The second kappa shape index (κ2) is 8.60. The van der Waals surface area contributed by atoms with Crippen LogP contribution in [0.25, 0.3) is 10.9 Å². The Balaban J connectivity index is 1.55. The van der Waals surface area contributed by atoms with E-state index in [4.69, 9.17) is 0 Å². The molecular formula is C20H19F2N3O3. The van der Waals surface area contributed by atoms with E-state index in [-0.39, 0.29) is 23.8 Å². The van der Waals surface area contributed by atoms with E-state index < -0.39 is 6.61 Å². The molecule has 0 saturated heterocycles. The number of hydrogen-bond donors (Lipinski definition) is 1. The minimum atomic E-state index is -2.86. The molecule has 0 bridgehead atoms. The van der Waals surface area contributed by atoms with Crippen molar-refractivity contribution in [3.8, 4) is 5.75 Å². The van der Waals surface area contributed by atoms with Gasteiger partial charge in [-0.3, -0.25) is 14.2 Å². The monoisotopic (exact) mass is 387 g/mol. The van der Waals surface area contributed by atoms with Gasteiger partial charge in [-0.1, -0.05) is 23.8 Å². The van der Waals surface area contributed by atoms with Gasteiger partial charge in [-0.2, -0.15) is 8.78 Å². The molecule has 0 spiro atoms. The fourth-order valence-corrected chi connectivity index (χ4v) is 2.78. The van der Waals surface area contributed by atoms with Crippen LogP contribution in [0.1, 0.15) is 11.1 Å². The normalized spacial score (nSPS) is 11.0. The summed E-state index contributed by atoms with van der Waals surface area (Å²) >= 11 is 0. The first-order chi connectivity index (χ1) is 13.4. The molecule has 0 atom stereocenters. The first-order valence-corrected chi connectivity index (χ1v) is 8.68. The number of rotatable bonds is 7. The average molecular weight is 387 g/mol. The Hall–Kier alpha value is -3.29. The Labute approximate surface area is 159 Å². The number of benzene rings is 2. The first kappa shape index (κ1) is 19.5. The van der Waals surface area contributed by atoms with Crippen molar-refractivity contribution in [1.29, 1.82) is 0 Å². The van der Waals surface area contributed by atoms with Gasteiger partial charge in [0.05, 0.1) is 17.2 Å². The van der Waals surface area contributed by atoms with Gasteiger partial charge < -0.3 is 10.1 Å². The smallest absolute Gasteiger partial charge is 0.387 e. The number of ether oxygens (including phenoxy) is 1. The zero-order valence-corrected chi connectivity index (χ0v) is 15.2. The molecule has 1 amide bonds. The number of hydrogen-bond acceptors (Lipinski definition) is 4. The van der Waals surface area contributed by atoms with Gasteiger partial charge >= 0.3 is 6.61 Å². The lowest BCUT2D eigenvalue weighted by Gasteiger charge is -2.09. The summed E-state index contributed by atoms with van der Waals surface area (Å²) in [6.45, 7) is -0.753. The number of aryl methyl sites for hydroxylation is 1. The number of alkyl halides is 2. The van der Waals surface area contributed by atoms with Crippen molar-refractivity contribution in [3.63, 3.8) is 0 Å². The van der Waals surface area contributed by atoms with Gasteiger partial charge in [-0.15, -0.1) is 0 Å². The maximum Gasteiger partial charge on any atom is 0.387 e. The summed E-state index contributed by atoms with van der Waals surface area (Å²) in [6, 6.07) is 11.6. The summed E-state index contributed by atoms with van der Waals surface area (Å²) in [5.41, 5.74) is 2.13. The van der Waals surface area contributed by atoms with Gasteiger partial charge in [0.1, 0.15) is 12.3 Å². The van der Waals surface area contributed by atoms with Gasteiger partial charge in [-0.05, 0) is 43.2 Å². The number of fused-ring (bicyclic) bond motifs is 1. The molecule has 0 unspecified atom stereocenters. The van der Waals surface area contributed by atoms with Crippen LogP contribution in [0.2, 0.25) is 0 Å². The zero-order chi connectivity index (χ0) is 20.1. The van der Waals surface area contributed by atoms with Gasteiger partial charge in [0.2, 0.25) is 5.91 Å². The summed E-state index contributed by atoms with van der Waals surface area (Å²) in [6.07, 6.45) is 1.88. The van der Waals surface area contributed by atoms with Crippen molar-refractivity contribution in [3.05, 3.63) is 70.3 Å². The van der Waals surface area contributed by atoms with Gasteiger partial charge in [-0.25, -0.2) is 4.98 Å². The molecule has 1 N–H and O–H groups in total. The van der Waals surface area contributed by atoms with Crippen LogP contribution in [-0.2, 0) is 17.8 Å². The molecule has 146 valence electrons. The van der Waals surface area contributed by atoms with Crippen LogP contribution >= 0.6 is 0 Å². The molecule has 3 aromatic rings. The lowest BCUT2D eigenvalue weighted by molar-refractivity contribution is -0.121. The molecule has 3 rings (SSSR count). The fraction of sp³-hybridized carbons (Fsp3) is 0.250. The van der Waals surface area contributed by atoms with Crippen LogP contribution in [0.3, 0.4) is 0 Å². The van der Waals surface area contributed by atoms with Crippen molar-refractivity contribution in [2.75, 3.05) is 6.54 Å². The van der Waals surface area contributed by atoms with E-state index in [9.17, 15) is 18.4 Å². The Morgan fingerprint density at radius 2 is 1.96 bits per heavy atom. The lowest BCUT2D eigenvalue weighted by atomic mass is 10.1. The molecule has 0 fully saturated rings. The molecule has 0 saturated carbocycles. The van der Waals surface area contributed by atoms with Crippen molar-refractivity contribution < 1.29 is 18.3 Å². The third kappa shape index (κ3) is 4.91. The minimum absolute atomic E-state index is 0.0844. The lowest BCUT2D eigenvalue weighted by Crippen LogP contribution is -2.33. The highest BCUT2D eigenvalue weighted by Crippen LogP contribution is 2.15. The minimum Gasteiger partial charge on any atom is -0.435 e. The second-order valence-corrected chi connectivity index (χ2v) is 6.32. The molecule has 0 aliphatic rings. The average Bonchev–Trinajstić information content (AvgIpc) is 2.65. The molecule has 28 heavy (non-hydrogen) atoms. The van der Waals surface area contributed by atoms with E-state index >= 15 is 0 Å². The van der Waals surface area contributed by atoms with Crippen LogP contribution in [0.15, 0.2) is 53.6 Å². The molecule has 0 aliphatic heterocycles. The van der Waals surface area contributed by atoms with Gasteiger partial charge in [0.15, 0.2) is 0 Å². The largest absolute Gasteiger partial charge is 0.435 e. The Bertz CT molecular complexity index is 1030. The molecule has 6 nitrogen and oxygen atoms in total. The molecule has 0 aliphatic carbocycles. The summed E-state index contributed by atoms with van der Waals surface area (Å²) in [4.78, 5) is 28.8. The van der Waals surface area contributed by atoms with Crippen LogP contribution in [0.5, 0.6) is 5.75 Å².